The maximum absolute atomic E-state index is 12.5. The Morgan fingerprint density at radius 1 is 1.17 bits per heavy atom. The highest BCUT2D eigenvalue weighted by molar-refractivity contribution is 6.00. The molecular formula is C18H16N2O3. The Balaban J connectivity index is 1.57. The van der Waals surface area contributed by atoms with Crippen molar-refractivity contribution in [3.8, 4) is 5.75 Å². The monoisotopic (exact) mass is 308 g/mol. The van der Waals surface area contributed by atoms with E-state index in [1.807, 2.05) is 18.2 Å². The highest BCUT2D eigenvalue weighted by Crippen LogP contribution is 2.38. The van der Waals surface area contributed by atoms with Gasteiger partial charge in [-0.05, 0) is 24.3 Å². The van der Waals surface area contributed by atoms with Crippen LogP contribution in [0, 0.1) is 0 Å². The largest absolute Gasteiger partial charge is 0.484 e. The van der Waals surface area contributed by atoms with Crippen LogP contribution in [0.25, 0.3) is 0 Å². The summed E-state index contributed by atoms with van der Waals surface area (Å²) in [4.78, 5) is 30.8. The van der Waals surface area contributed by atoms with Gasteiger partial charge in [-0.25, -0.2) is 0 Å². The molecule has 116 valence electrons. The molecule has 0 radical (unpaired) electrons. The molecule has 1 saturated heterocycles. The van der Waals surface area contributed by atoms with Gasteiger partial charge in [-0.3, -0.25) is 14.6 Å². The molecule has 1 aromatic heterocycles. The Hall–Kier alpha value is -2.69. The molecule has 23 heavy (non-hydrogen) atoms. The van der Waals surface area contributed by atoms with E-state index in [1.165, 1.54) is 0 Å². The molecule has 5 nitrogen and oxygen atoms in total. The summed E-state index contributed by atoms with van der Waals surface area (Å²) in [5.74, 6) is 0.590. The fourth-order valence-electron chi connectivity index (χ4n) is 3.34. The van der Waals surface area contributed by atoms with E-state index in [0.29, 0.717) is 42.9 Å². The zero-order chi connectivity index (χ0) is 15.9. The molecule has 5 heteroatoms. The van der Waals surface area contributed by atoms with Crippen LogP contribution in [0.1, 0.15) is 33.7 Å². The van der Waals surface area contributed by atoms with Gasteiger partial charge in [0.05, 0.1) is 18.5 Å². The Labute approximate surface area is 133 Å². The van der Waals surface area contributed by atoms with E-state index in [-0.39, 0.29) is 11.7 Å². The van der Waals surface area contributed by atoms with Gasteiger partial charge in [0.2, 0.25) is 0 Å². The fraction of sp³-hybridized carbons (Fsp3) is 0.278. The summed E-state index contributed by atoms with van der Waals surface area (Å²) >= 11 is 0. The lowest BCUT2D eigenvalue weighted by Gasteiger charge is -2.34. The first-order chi connectivity index (χ1) is 11.2. The van der Waals surface area contributed by atoms with E-state index in [4.69, 9.17) is 4.74 Å². The quantitative estimate of drug-likeness (QED) is 0.811. The Morgan fingerprint density at radius 3 is 2.83 bits per heavy atom. The number of carbonyl (C=O) groups is 2. The van der Waals surface area contributed by atoms with Crippen LogP contribution in [0.2, 0.25) is 0 Å². The van der Waals surface area contributed by atoms with Crippen LogP contribution >= 0.6 is 0 Å². The van der Waals surface area contributed by atoms with Crippen molar-refractivity contribution in [1.82, 2.24) is 9.88 Å². The maximum Gasteiger partial charge on any atom is 0.272 e. The molecule has 0 aliphatic carbocycles. The zero-order valence-electron chi connectivity index (χ0n) is 12.6. The first-order valence-corrected chi connectivity index (χ1v) is 7.68. The van der Waals surface area contributed by atoms with Crippen LogP contribution in [0.15, 0.2) is 48.7 Å². The number of likely N-dealkylation sites (tertiary alicyclic amines) is 1. The fourth-order valence-corrected chi connectivity index (χ4v) is 3.34. The molecule has 0 N–H and O–H groups in total. The standard InChI is InChI=1S/C18H16N2O3/c21-15-11-18(23-16-7-2-1-5-13(15)16)8-10-20(12-18)17(22)14-6-3-4-9-19-14/h1-7,9H,8,10-12H2/t18-/m1/s1. The Bertz CT molecular complexity index is 775. The van der Waals surface area contributed by atoms with Crippen molar-refractivity contribution in [1.29, 1.82) is 0 Å². The highest BCUT2D eigenvalue weighted by Gasteiger charge is 2.47. The smallest absolute Gasteiger partial charge is 0.272 e. The number of hydrogen-bond acceptors (Lipinski definition) is 4. The van der Waals surface area contributed by atoms with Gasteiger partial charge in [0.15, 0.2) is 5.78 Å². The molecule has 1 aromatic carbocycles. The SMILES string of the molecule is O=C1C[C@@]2(CCN(C(=O)c3ccccn3)C2)Oc2ccccc21. The molecule has 1 atom stereocenters. The molecule has 0 saturated carbocycles. The molecule has 3 heterocycles. The summed E-state index contributed by atoms with van der Waals surface area (Å²) in [5.41, 5.74) is 0.454. The molecule has 1 fully saturated rings. The number of para-hydroxylation sites is 1. The number of fused-ring (bicyclic) bond motifs is 1. The van der Waals surface area contributed by atoms with E-state index in [1.54, 1.807) is 35.4 Å². The number of nitrogens with zero attached hydrogens (tertiary/aromatic N) is 2. The number of Topliss-reactive ketones (excluding diaryl/α,β-unsaturated/α-hetero) is 1. The van der Waals surface area contributed by atoms with Crippen LogP contribution in [-0.4, -0.2) is 40.3 Å². The number of hydrogen-bond donors (Lipinski definition) is 0. The van der Waals surface area contributed by atoms with E-state index < -0.39 is 5.60 Å². The summed E-state index contributed by atoms with van der Waals surface area (Å²) in [7, 11) is 0. The summed E-state index contributed by atoms with van der Waals surface area (Å²) in [6.45, 7) is 0.993. The van der Waals surface area contributed by atoms with Gasteiger partial charge in [-0.1, -0.05) is 18.2 Å². The summed E-state index contributed by atoms with van der Waals surface area (Å²) in [6, 6.07) is 12.6. The van der Waals surface area contributed by atoms with E-state index in [0.717, 1.165) is 0 Å². The van der Waals surface area contributed by atoms with Crippen LogP contribution < -0.4 is 4.74 Å². The molecule has 1 spiro atoms. The molecular weight excluding hydrogens is 292 g/mol. The lowest BCUT2D eigenvalue weighted by molar-refractivity contribution is 0.0427. The van der Waals surface area contributed by atoms with Crippen molar-refractivity contribution in [2.24, 2.45) is 0 Å². The minimum atomic E-state index is -0.601. The predicted molar refractivity (Wildman–Crippen MR) is 83.5 cm³/mol. The number of amides is 1. The van der Waals surface area contributed by atoms with E-state index in [2.05, 4.69) is 4.98 Å². The van der Waals surface area contributed by atoms with Crippen LogP contribution in [0.4, 0.5) is 0 Å². The molecule has 2 aromatic rings. The zero-order valence-corrected chi connectivity index (χ0v) is 12.6. The van der Waals surface area contributed by atoms with Gasteiger partial charge < -0.3 is 9.64 Å². The van der Waals surface area contributed by atoms with Gasteiger partial charge in [0.1, 0.15) is 17.0 Å². The lowest BCUT2D eigenvalue weighted by Crippen LogP contribution is -2.45. The molecule has 4 rings (SSSR count). The number of carbonyl (C=O) groups excluding carboxylic acids is 2. The average Bonchev–Trinajstić information content (AvgIpc) is 2.98. The first kappa shape index (κ1) is 13.9. The topological polar surface area (TPSA) is 59.5 Å². The number of pyridine rings is 1. The van der Waals surface area contributed by atoms with Gasteiger partial charge in [-0.2, -0.15) is 0 Å². The highest BCUT2D eigenvalue weighted by atomic mass is 16.5. The Kier molecular flexibility index (Phi) is 3.15. The molecule has 2 aliphatic heterocycles. The number of benzene rings is 1. The minimum Gasteiger partial charge on any atom is -0.484 e. The second-order valence-corrected chi connectivity index (χ2v) is 6.07. The molecule has 0 unspecified atom stereocenters. The summed E-state index contributed by atoms with van der Waals surface area (Å²) < 4.78 is 6.13. The van der Waals surface area contributed by atoms with Crippen molar-refractivity contribution in [3.63, 3.8) is 0 Å². The van der Waals surface area contributed by atoms with E-state index >= 15 is 0 Å². The predicted octanol–water partition coefficient (Wildman–Crippen LogP) is 2.33. The van der Waals surface area contributed by atoms with Gasteiger partial charge in [0, 0.05) is 19.2 Å². The van der Waals surface area contributed by atoms with Gasteiger partial charge >= 0.3 is 0 Å². The van der Waals surface area contributed by atoms with Crippen molar-refractivity contribution in [2.75, 3.05) is 13.1 Å². The van der Waals surface area contributed by atoms with Crippen LogP contribution in [-0.2, 0) is 0 Å². The average molecular weight is 308 g/mol. The second-order valence-electron chi connectivity index (χ2n) is 6.07. The number of aromatic nitrogens is 1. The number of ketones is 1. The minimum absolute atomic E-state index is 0.0824. The second kappa shape index (κ2) is 5.19. The Morgan fingerprint density at radius 2 is 2.00 bits per heavy atom. The number of ether oxygens (including phenoxy) is 1. The maximum atomic E-state index is 12.5. The van der Waals surface area contributed by atoms with Crippen molar-refractivity contribution >= 4 is 11.7 Å². The third-order valence-electron chi connectivity index (χ3n) is 4.48. The summed E-state index contributed by atoms with van der Waals surface area (Å²) in [6.07, 6.45) is 2.58. The third kappa shape index (κ3) is 2.38. The lowest BCUT2D eigenvalue weighted by atomic mass is 9.89. The van der Waals surface area contributed by atoms with Crippen molar-refractivity contribution in [2.45, 2.75) is 18.4 Å². The van der Waals surface area contributed by atoms with Crippen LogP contribution in [0.5, 0.6) is 5.75 Å². The normalized spacial score (nSPS) is 22.8. The first-order valence-electron chi connectivity index (χ1n) is 7.68. The van der Waals surface area contributed by atoms with Crippen LogP contribution in [0.3, 0.4) is 0 Å². The third-order valence-corrected chi connectivity index (χ3v) is 4.48. The van der Waals surface area contributed by atoms with Crippen molar-refractivity contribution in [3.05, 3.63) is 59.9 Å². The van der Waals surface area contributed by atoms with Gasteiger partial charge in [-0.15, -0.1) is 0 Å². The summed E-state index contributed by atoms with van der Waals surface area (Å²) in [5, 5.41) is 0. The molecule has 2 aliphatic rings. The van der Waals surface area contributed by atoms with E-state index in [9.17, 15) is 9.59 Å². The number of rotatable bonds is 1. The molecule has 1 amide bonds. The van der Waals surface area contributed by atoms with Crippen molar-refractivity contribution < 1.29 is 14.3 Å². The molecule has 0 bridgehead atoms. The van der Waals surface area contributed by atoms with Gasteiger partial charge in [0.25, 0.3) is 5.91 Å².